The molecule has 0 spiro atoms. The van der Waals surface area contributed by atoms with Crippen molar-refractivity contribution < 1.29 is 88.9 Å². The maximum absolute atomic E-state index is 14.1. The Kier molecular flexibility index (Phi) is 12.1. The van der Waals surface area contributed by atoms with E-state index in [1.54, 1.807) is 6.92 Å². The van der Waals surface area contributed by atoms with Crippen LogP contribution >= 0.6 is 0 Å². The van der Waals surface area contributed by atoms with E-state index in [9.17, 15) is 65.2 Å². The summed E-state index contributed by atoms with van der Waals surface area (Å²) in [5.74, 6) is -6.11. The average molecular weight is 870 g/mol. The monoisotopic (exact) mass is 869 g/mol. The van der Waals surface area contributed by atoms with Crippen molar-refractivity contribution in [3.05, 3.63) is 68.8 Å². The van der Waals surface area contributed by atoms with Crippen LogP contribution in [0.15, 0.2) is 24.3 Å². The molecule has 21 heteroatoms. The fourth-order valence-electron chi connectivity index (χ4n) is 8.58. The fourth-order valence-corrected chi connectivity index (χ4v) is 8.58. The van der Waals surface area contributed by atoms with E-state index in [1.165, 1.54) is 40.1 Å². The van der Waals surface area contributed by atoms with Gasteiger partial charge in [-0.15, -0.1) is 0 Å². The summed E-state index contributed by atoms with van der Waals surface area (Å²) in [6, 6.07) is 2.57. The highest BCUT2D eigenvalue weighted by molar-refractivity contribution is 6.31. The van der Waals surface area contributed by atoms with Gasteiger partial charge in [-0.05, 0) is 56.6 Å². The van der Waals surface area contributed by atoms with Crippen LogP contribution in [-0.4, -0.2) is 164 Å². The zero-order valence-electron chi connectivity index (χ0n) is 34.1. The molecule has 2 fully saturated rings. The third-order valence-electron chi connectivity index (χ3n) is 11.7. The molecule has 11 N–H and O–H groups in total. The number of hydrogen-bond acceptors (Lipinski definition) is 19. The van der Waals surface area contributed by atoms with Crippen molar-refractivity contribution in [2.75, 3.05) is 27.8 Å². The molecule has 2 aliphatic heterocycles. The summed E-state index contributed by atoms with van der Waals surface area (Å²) in [7, 11) is 3.85. The van der Waals surface area contributed by atoms with Crippen LogP contribution in [0.1, 0.15) is 84.9 Å². The number of ether oxygens (including phenoxy) is 5. The van der Waals surface area contributed by atoms with Gasteiger partial charge in [0, 0.05) is 35.4 Å². The number of carbonyl (C=O) groups excluding carboxylic acids is 4. The first-order valence-electron chi connectivity index (χ1n) is 19.4. The second-order valence-corrected chi connectivity index (χ2v) is 15.6. The first-order valence-corrected chi connectivity index (χ1v) is 19.4. The van der Waals surface area contributed by atoms with Gasteiger partial charge in [-0.2, -0.15) is 0 Å². The molecule has 0 unspecified atom stereocenters. The van der Waals surface area contributed by atoms with Crippen molar-refractivity contribution in [1.82, 2.24) is 15.7 Å². The Labute approximate surface area is 352 Å². The van der Waals surface area contributed by atoms with Crippen LogP contribution in [0.3, 0.4) is 0 Å². The summed E-state index contributed by atoms with van der Waals surface area (Å²) in [5.41, 5.74) is -3.32. The topological polar surface area (TPSA) is 324 Å². The number of likely N-dealkylation sites (N-methyl/N-ethyl adjacent to an activating group) is 2. The highest BCUT2D eigenvalue weighted by atomic mass is 16.7. The van der Waals surface area contributed by atoms with E-state index < -0.39 is 149 Å². The van der Waals surface area contributed by atoms with Crippen LogP contribution in [0.4, 0.5) is 0 Å². The Hall–Kier alpha value is -5.30. The number of hydrogen-bond donors (Lipinski definition) is 11. The Morgan fingerprint density at radius 3 is 2.15 bits per heavy atom. The zero-order chi connectivity index (χ0) is 45.4. The van der Waals surface area contributed by atoms with Crippen LogP contribution < -0.4 is 15.4 Å². The summed E-state index contributed by atoms with van der Waals surface area (Å²) >= 11 is 0. The predicted molar refractivity (Wildman–Crippen MR) is 208 cm³/mol. The quantitative estimate of drug-likeness (QED) is 0.0721. The molecule has 2 amide bonds. The van der Waals surface area contributed by atoms with Gasteiger partial charge in [-0.3, -0.25) is 24.4 Å². The van der Waals surface area contributed by atoms with E-state index >= 15 is 0 Å². The number of phenolic OH excluding ortho intramolecular Hbond substituents is 3. The molecule has 7 rings (SSSR count). The molecule has 21 nitrogen and oxygen atoms in total. The smallest absolute Gasteiger partial charge is 0.267 e. The molecule has 2 aliphatic carbocycles. The summed E-state index contributed by atoms with van der Waals surface area (Å²) in [6.07, 6.45) is -15.6. The first kappa shape index (κ1) is 44.7. The van der Waals surface area contributed by atoms with Gasteiger partial charge in [0.25, 0.3) is 11.8 Å². The SMILES string of the molecule is CN[C@@H]1[C@H](O[C@@H]2OC[C@@H](O)[C@H](O)[C@H]2O)[C@@H](O)[C@H](O[C@H]2c3cc(C)c(C(=O)N[C@H](C)C(=O)N(C)O)c(O)c3-c3c(cc4c(c3O)C(=O)c3cc(OC)cc(O)c3C4=O)[C@@H]2O)O[C@@H]1C. The van der Waals surface area contributed by atoms with E-state index in [0.29, 0.717) is 0 Å². The Morgan fingerprint density at radius 2 is 1.50 bits per heavy atom. The second kappa shape index (κ2) is 16.8. The van der Waals surface area contributed by atoms with Gasteiger partial charge in [0.05, 0.1) is 42.6 Å². The van der Waals surface area contributed by atoms with Gasteiger partial charge in [0.2, 0.25) is 0 Å². The number of rotatable bonds is 9. The van der Waals surface area contributed by atoms with Crippen molar-refractivity contribution in [2.24, 2.45) is 0 Å². The molecular formula is C41H47N3O18. The van der Waals surface area contributed by atoms with E-state index in [2.05, 4.69) is 10.6 Å². The molecule has 3 aromatic rings. The number of ketones is 2. The van der Waals surface area contributed by atoms with Gasteiger partial charge in [-0.1, -0.05) is 6.07 Å². The zero-order valence-corrected chi connectivity index (χ0v) is 34.1. The molecule has 2 saturated heterocycles. The first-order chi connectivity index (χ1) is 29.2. The lowest BCUT2D eigenvalue weighted by molar-refractivity contribution is -0.339. The lowest BCUT2D eigenvalue weighted by atomic mass is 9.74. The lowest BCUT2D eigenvalue weighted by Crippen LogP contribution is -2.65. The van der Waals surface area contributed by atoms with E-state index in [1.807, 2.05) is 0 Å². The molecular weight excluding hydrogens is 822 g/mol. The molecule has 3 aromatic carbocycles. The molecule has 0 saturated carbocycles. The minimum atomic E-state index is -1.90. The molecule has 4 aliphatic rings. The Morgan fingerprint density at radius 1 is 0.855 bits per heavy atom. The maximum atomic E-state index is 14.1. The van der Waals surface area contributed by atoms with Gasteiger partial charge >= 0.3 is 0 Å². The van der Waals surface area contributed by atoms with Crippen LogP contribution in [0.25, 0.3) is 11.1 Å². The van der Waals surface area contributed by atoms with Crippen LogP contribution in [0.5, 0.6) is 23.0 Å². The molecule has 2 heterocycles. The largest absolute Gasteiger partial charge is 0.507 e. The van der Waals surface area contributed by atoms with E-state index in [-0.39, 0.29) is 38.6 Å². The predicted octanol–water partition coefficient (Wildman–Crippen LogP) is -0.849. The molecule has 0 aromatic heterocycles. The average Bonchev–Trinajstić information content (AvgIpc) is 3.22. The van der Waals surface area contributed by atoms with Gasteiger partial charge in [0.1, 0.15) is 71.8 Å². The number of aromatic hydroxyl groups is 3. The number of aryl methyl sites for hydroxylation is 1. The number of methoxy groups -OCH3 is 1. The normalized spacial score (nSPS) is 29.5. The number of benzene rings is 3. The van der Waals surface area contributed by atoms with Crippen LogP contribution in [-0.2, 0) is 23.7 Å². The number of aliphatic hydroxyl groups is 5. The Bertz CT molecular complexity index is 2340. The molecule has 12 atom stereocenters. The van der Waals surface area contributed by atoms with Crippen molar-refractivity contribution in [3.8, 4) is 34.1 Å². The lowest BCUT2D eigenvalue weighted by Gasteiger charge is -2.47. The minimum Gasteiger partial charge on any atom is -0.507 e. The molecule has 0 radical (unpaired) electrons. The highest BCUT2D eigenvalue weighted by Gasteiger charge is 2.51. The van der Waals surface area contributed by atoms with E-state index in [4.69, 9.17) is 23.7 Å². The molecule has 62 heavy (non-hydrogen) atoms. The van der Waals surface area contributed by atoms with E-state index in [0.717, 1.165) is 19.2 Å². The summed E-state index contributed by atoms with van der Waals surface area (Å²) in [4.78, 5) is 54.5. The van der Waals surface area contributed by atoms with Gasteiger partial charge in [0.15, 0.2) is 24.1 Å². The minimum absolute atomic E-state index is 0.0156. The summed E-state index contributed by atoms with van der Waals surface area (Å²) in [6.45, 7) is 3.86. The number of phenols is 3. The Balaban J connectivity index is 1.37. The number of nitrogens with zero attached hydrogens (tertiary/aromatic N) is 1. The number of hydroxylamine groups is 2. The second-order valence-electron chi connectivity index (χ2n) is 15.6. The maximum Gasteiger partial charge on any atom is 0.267 e. The standard InChI is InChI=1S/C41H47N3O18/c1-12-7-19-25(32(51)22(12)38(55)43-13(2)39(56)44(5)57)24-17(10-18-26(33(24)52)29(48)16-8-15(58-6)9-20(45)23(16)28(18)47)30(49)36(19)61-41-35(54)37(27(42-4)14(3)60-41)62-40-34(53)31(50)21(46)11-59-40/h7-10,13-14,21,27,30-31,34-37,40-42,45-46,49-54,57H,11H2,1-6H3,(H,43,55)/t13-,14-,21-,27+,30+,31+,34-,35-,36+,37+,40+,41+/m1/s1. The van der Waals surface area contributed by atoms with Crippen molar-refractivity contribution in [2.45, 2.75) is 94.3 Å². The van der Waals surface area contributed by atoms with Crippen LogP contribution in [0, 0.1) is 6.92 Å². The van der Waals surface area contributed by atoms with Crippen molar-refractivity contribution in [1.29, 1.82) is 0 Å². The highest BCUT2D eigenvalue weighted by Crippen LogP contribution is 2.57. The number of aliphatic hydroxyl groups excluding tert-OH is 5. The summed E-state index contributed by atoms with van der Waals surface area (Å²) in [5, 5.41) is 105. The number of carbonyl (C=O) groups is 4. The fraction of sp³-hybridized carbons (Fsp3) is 0.463. The molecule has 334 valence electrons. The van der Waals surface area contributed by atoms with Gasteiger partial charge in [-0.25, -0.2) is 5.06 Å². The van der Waals surface area contributed by atoms with Crippen LogP contribution in [0.2, 0.25) is 0 Å². The van der Waals surface area contributed by atoms with Gasteiger partial charge < -0.3 is 75.2 Å². The molecule has 0 bridgehead atoms. The third-order valence-corrected chi connectivity index (χ3v) is 11.7. The summed E-state index contributed by atoms with van der Waals surface area (Å²) < 4.78 is 29.0. The third kappa shape index (κ3) is 7.23. The number of nitrogens with one attached hydrogen (secondary N) is 2. The number of amides is 2. The van der Waals surface area contributed by atoms with Crippen molar-refractivity contribution in [3.63, 3.8) is 0 Å². The van der Waals surface area contributed by atoms with Crippen molar-refractivity contribution >= 4 is 23.4 Å². The number of fused-ring (bicyclic) bond motifs is 5.